The van der Waals surface area contributed by atoms with Crippen LogP contribution in [0.1, 0.15) is 29.2 Å². The number of ether oxygens (including phenoxy) is 3. The third-order valence-electron chi connectivity index (χ3n) is 6.02. The van der Waals surface area contributed by atoms with E-state index in [-0.39, 0.29) is 24.4 Å². The molecule has 0 radical (unpaired) electrons. The van der Waals surface area contributed by atoms with Crippen molar-refractivity contribution in [1.29, 1.82) is 0 Å². The van der Waals surface area contributed by atoms with Gasteiger partial charge in [0.15, 0.2) is 5.60 Å². The Balaban J connectivity index is 1.62. The van der Waals surface area contributed by atoms with Gasteiger partial charge in [-0.2, -0.15) is 0 Å². The van der Waals surface area contributed by atoms with Crippen LogP contribution in [0, 0.1) is 0 Å². The van der Waals surface area contributed by atoms with Crippen molar-refractivity contribution in [3.63, 3.8) is 0 Å². The maximum atomic E-state index is 11.1. The molecule has 0 bridgehead atoms. The first-order chi connectivity index (χ1) is 14.9. The highest BCUT2D eigenvalue weighted by molar-refractivity contribution is 6.24. The first-order valence-corrected chi connectivity index (χ1v) is 10.7. The van der Waals surface area contributed by atoms with E-state index < -0.39 is 29.5 Å². The second-order valence-electron chi connectivity index (χ2n) is 8.04. The van der Waals surface area contributed by atoms with E-state index in [9.17, 15) is 20.4 Å². The van der Waals surface area contributed by atoms with Crippen LogP contribution in [0.15, 0.2) is 54.6 Å². The van der Waals surface area contributed by atoms with Crippen LogP contribution in [0.4, 0.5) is 0 Å². The molecule has 5 unspecified atom stereocenters. The summed E-state index contributed by atoms with van der Waals surface area (Å²) >= 11 is 6.18. The Labute approximate surface area is 185 Å². The van der Waals surface area contributed by atoms with Crippen molar-refractivity contribution in [3.05, 3.63) is 71.3 Å². The minimum atomic E-state index is -2.43. The number of benzene rings is 2. The molecule has 2 aliphatic heterocycles. The predicted molar refractivity (Wildman–Crippen MR) is 113 cm³/mol. The van der Waals surface area contributed by atoms with Crippen LogP contribution in [-0.2, 0) is 19.8 Å². The normalized spacial score (nSPS) is 34.5. The fourth-order valence-corrected chi connectivity index (χ4v) is 4.38. The van der Waals surface area contributed by atoms with E-state index in [0.29, 0.717) is 13.2 Å². The smallest absolute Gasteiger partial charge is 0.202 e. The van der Waals surface area contributed by atoms with Crippen LogP contribution < -0.4 is 0 Å². The van der Waals surface area contributed by atoms with Gasteiger partial charge in [-0.3, -0.25) is 0 Å². The molecule has 4 rings (SSSR count). The standard InChI is InChI=1S/C23H27ClO7/c24-23(28)21(26)19(12-25)30-14-22(23,27)17-8-6-16(7-9-17)20(15-4-2-1-3-5-15)31-18-10-11-29-13-18/h1-9,18-21,25-28H,10-14H2/t18-,19?,20?,21?,22?,23?/m0/s1. The largest absolute Gasteiger partial charge is 0.394 e. The molecule has 31 heavy (non-hydrogen) atoms. The maximum absolute atomic E-state index is 11.1. The molecule has 0 saturated carbocycles. The van der Waals surface area contributed by atoms with E-state index in [1.165, 1.54) is 0 Å². The van der Waals surface area contributed by atoms with E-state index >= 15 is 0 Å². The molecule has 6 atom stereocenters. The Bertz CT molecular complexity index is 854. The monoisotopic (exact) mass is 450 g/mol. The third kappa shape index (κ3) is 4.25. The van der Waals surface area contributed by atoms with Crippen LogP contribution in [0.5, 0.6) is 0 Å². The Morgan fingerprint density at radius 3 is 2.35 bits per heavy atom. The summed E-state index contributed by atoms with van der Waals surface area (Å²) in [6, 6.07) is 16.6. The van der Waals surface area contributed by atoms with Gasteiger partial charge in [-0.15, -0.1) is 0 Å². The summed E-state index contributed by atoms with van der Waals surface area (Å²) < 4.78 is 17.1. The zero-order chi connectivity index (χ0) is 22.1. The number of hydrogen-bond donors (Lipinski definition) is 4. The molecule has 0 aliphatic carbocycles. The average Bonchev–Trinajstić information content (AvgIpc) is 3.30. The molecule has 2 aromatic rings. The average molecular weight is 451 g/mol. The van der Waals surface area contributed by atoms with Crippen molar-refractivity contribution in [1.82, 2.24) is 0 Å². The van der Waals surface area contributed by atoms with Gasteiger partial charge >= 0.3 is 0 Å². The minimum absolute atomic E-state index is 0.0145. The van der Waals surface area contributed by atoms with Crippen molar-refractivity contribution < 1.29 is 34.6 Å². The van der Waals surface area contributed by atoms with Crippen molar-refractivity contribution in [2.45, 2.75) is 41.5 Å². The lowest BCUT2D eigenvalue weighted by atomic mass is 9.81. The molecule has 2 fully saturated rings. The van der Waals surface area contributed by atoms with E-state index in [1.54, 1.807) is 24.3 Å². The van der Waals surface area contributed by atoms with Gasteiger partial charge in [0.1, 0.15) is 18.3 Å². The van der Waals surface area contributed by atoms with Crippen molar-refractivity contribution >= 4 is 11.6 Å². The zero-order valence-corrected chi connectivity index (χ0v) is 17.7. The second-order valence-corrected chi connectivity index (χ2v) is 8.62. The van der Waals surface area contributed by atoms with Crippen LogP contribution in [0.2, 0.25) is 0 Å². The highest BCUT2D eigenvalue weighted by Crippen LogP contribution is 2.44. The van der Waals surface area contributed by atoms with Crippen LogP contribution in [0.3, 0.4) is 0 Å². The third-order valence-corrected chi connectivity index (χ3v) is 6.56. The maximum Gasteiger partial charge on any atom is 0.202 e. The summed E-state index contributed by atoms with van der Waals surface area (Å²) in [4.78, 5) is 0. The zero-order valence-electron chi connectivity index (χ0n) is 16.9. The fraction of sp³-hybridized carbons (Fsp3) is 0.478. The summed E-state index contributed by atoms with van der Waals surface area (Å²) in [5, 5.41) is 39.0. The molecule has 2 aliphatic rings. The quantitative estimate of drug-likeness (QED) is 0.493. The molecule has 8 heteroatoms. The molecule has 2 aromatic carbocycles. The number of alkyl halides is 1. The van der Waals surface area contributed by atoms with Gasteiger partial charge in [-0.25, -0.2) is 0 Å². The van der Waals surface area contributed by atoms with Gasteiger partial charge in [-0.05, 0) is 23.1 Å². The van der Waals surface area contributed by atoms with Crippen molar-refractivity contribution in [2.75, 3.05) is 26.4 Å². The molecule has 2 saturated heterocycles. The highest BCUT2D eigenvalue weighted by atomic mass is 35.5. The van der Waals surface area contributed by atoms with E-state index in [0.717, 1.165) is 17.5 Å². The lowest BCUT2D eigenvalue weighted by molar-refractivity contribution is -0.264. The van der Waals surface area contributed by atoms with Gasteiger partial charge in [0.2, 0.25) is 5.06 Å². The van der Waals surface area contributed by atoms with E-state index in [4.69, 9.17) is 25.8 Å². The Kier molecular flexibility index (Phi) is 6.67. The molecular formula is C23H27ClO7. The molecular weight excluding hydrogens is 424 g/mol. The number of aliphatic hydroxyl groups is 4. The van der Waals surface area contributed by atoms with Crippen molar-refractivity contribution in [3.8, 4) is 0 Å². The molecule has 0 spiro atoms. The van der Waals surface area contributed by atoms with Crippen LogP contribution >= 0.6 is 11.6 Å². The summed E-state index contributed by atoms with van der Waals surface area (Å²) in [6.07, 6.45) is -2.30. The van der Waals surface area contributed by atoms with E-state index in [1.807, 2.05) is 30.3 Å². The van der Waals surface area contributed by atoms with Gasteiger partial charge in [0, 0.05) is 6.61 Å². The van der Waals surface area contributed by atoms with Gasteiger partial charge < -0.3 is 34.6 Å². The van der Waals surface area contributed by atoms with Gasteiger partial charge in [0.05, 0.1) is 25.9 Å². The predicted octanol–water partition coefficient (Wildman–Crippen LogP) is 1.45. The Hall–Kier alpha value is -1.55. The van der Waals surface area contributed by atoms with Crippen LogP contribution in [-0.4, -0.2) is 70.2 Å². The first kappa shape index (κ1) is 22.6. The minimum Gasteiger partial charge on any atom is -0.394 e. The SMILES string of the molecule is OCC1OCC(O)(c2ccc(C(O[C@H]3CCOC3)c3ccccc3)cc2)C(O)(Cl)C1O. The lowest BCUT2D eigenvalue weighted by Gasteiger charge is -2.48. The fourth-order valence-electron chi connectivity index (χ4n) is 4.07. The Morgan fingerprint density at radius 2 is 1.74 bits per heavy atom. The van der Waals surface area contributed by atoms with Crippen LogP contribution in [0.25, 0.3) is 0 Å². The van der Waals surface area contributed by atoms with Gasteiger partial charge in [-0.1, -0.05) is 66.2 Å². The molecule has 7 nitrogen and oxygen atoms in total. The van der Waals surface area contributed by atoms with E-state index in [2.05, 4.69) is 0 Å². The number of rotatable bonds is 6. The Morgan fingerprint density at radius 1 is 1.06 bits per heavy atom. The number of halogens is 1. The number of aliphatic hydroxyl groups excluding tert-OH is 2. The molecule has 168 valence electrons. The first-order valence-electron chi connectivity index (χ1n) is 10.3. The topological polar surface area (TPSA) is 109 Å². The summed E-state index contributed by atoms with van der Waals surface area (Å²) in [5.41, 5.74) is 0.0480. The molecule has 0 aromatic heterocycles. The van der Waals surface area contributed by atoms with Crippen molar-refractivity contribution in [2.24, 2.45) is 0 Å². The summed E-state index contributed by atoms with van der Waals surface area (Å²) in [5.74, 6) is 0. The lowest BCUT2D eigenvalue weighted by Crippen LogP contribution is -2.66. The molecule has 2 heterocycles. The molecule has 4 N–H and O–H groups in total. The summed E-state index contributed by atoms with van der Waals surface area (Å²) in [6.45, 7) is 0.296. The molecule has 0 amide bonds. The second kappa shape index (κ2) is 9.13. The number of hydrogen-bond acceptors (Lipinski definition) is 7. The van der Waals surface area contributed by atoms with Gasteiger partial charge in [0.25, 0.3) is 0 Å². The summed E-state index contributed by atoms with van der Waals surface area (Å²) in [7, 11) is 0. The highest BCUT2D eigenvalue weighted by Gasteiger charge is 2.60.